The Labute approximate surface area is 100 Å². The van der Waals surface area contributed by atoms with Crippen LogP contribution >= 0.6 is 0 Å². The second-order valence-electron chi connectivity index (χ2n) is 7.34. The van der Waals surface area contributed by atoms with E-state index in [4.69, 9.17) is 5.73 Å². The maximum absolute atomic E-state index is 6.77. The van der Waals surface area contributed by atoms with E-state index in [1.54, 1.807) is 0 Å². The van der Waals surface area contributed by atoms with E-state index in [2.05, 4.69) is 13.8 Å². The molecular formula is C15H27N. The first-order chi connectivity index (χ1) is 7.54. The maximum atomic E-state index is 6.77. The van der Waals surface area contributed by atoms with Gasteiger partial charge in [-0.25, -0.2) is 0 Å². The van der Waals surface area contributed by atoms with Gasteiger partial charge in [0.2, 0.25) is 0 Å². The Morgan fingerprint density at radius 1 is 0.938 bits per heavy atom. The lowest BCUT2D eigenvalue weighted by Crippen LogP contribution is -2.62. The number of fused-ring (bicyclic) bond motifs is 2. The molecule has 0 spiro atoms. The molecule has 0 aromatic carbocycles. The molecule has 0 amide bonds. The van der Waals surface area contributed by atoms with E-state index in [-0.39, 0.29) is 5.54 Å². The van der Waals surface area contributed by atoms with Crippen LogP contribution in [0.2, 0.25) is 0 Å². The van der Waals surface area contributed by atoms with E-state index in [1.807, 2.05) is 0 Å². The fourth-order valence-corrected chi connectivity index (χ4v) is 5.08. The molecule has 1 nitrogen and oxygen atoms in total. The molecule has 0 aliphatic heterocycles. The van der Waals surface area contributed by atoms with Crippen LogP contribution in [0.25, 0.3) is 0 Å². The smallest absolute Gasteiger partial charge is 0.0185 e. The van der Waals surface area contributed by atoms with Gasteiger partial charge < -0.3 is 5.73 Å². The summed E-state index contributed by atoms with van der Waals surface area (Å²) in [6, 6.07) is 0. The van der Waals surface area contributed by atoms with Gasteiger partial charge in [0.15, 0.2) is 0 Å². The molecule has 4 fully saturated rings. The van der Waals surface area contributed by atoms with Crippen LogP contribution in [-0.4, -0.2) is 5.54 Å². The van der Waals surface area contributed by atoms with Gasteiger partial charge in [-0.15, -0.1) is 0 Å². The highest BCUT2D eigenvalue weighted by molar-refractivity contribution is 5.09. The zero-order valence-corrected chi connectivity index (χ0v) is 11.0. The summed E-state index contributed by atoms with van der Waals surface area (Å²) >= 11 is 0. The second kappa shape index (κ2) is 3.48. The van der Waals surface area contributed by atoms with Gasteiger partial charge in [0, 0.05) is 5.54 Å². The van der Waals surface area contributed by atoms with E-state index < -0.39 is 0 Å². The van der Waals surface area contributed by atoms with Crippen molar-refractivity contribution < 1.29 is 0 Å². The summed E-state index contributed by atoms with van der Waals surface area (Å²) in [5, 5.41) is 0. The topological polar surface area (TPSA) is 26.0 Å². The Morgan fingerprint density at radius 3 is 2.19 bits per heavy atom. The summed E-state index contributed by atoms with van der Waals surface area (Å²) < 4.78 is 0. The zero-order chi connectivity index (χ0) is 11.4. The Kier molecular flexibility index (Phi) is 2.41. The molecule has 3 atom stereocenters. The van der Waals surface area contributed by atoms with Crippen LogP contribution in [0.3, 0.4) is 0 Å². The first kappa shape index (κ1) is 11.1. The summed E-state index contributed by atoms with van der Waals surface area (Å²) in [6.45, 7) is 4.98. The van der Waals surface area contributed by atoms with Crippen molar-refractivity contribution in [3.05, 3.63) is 0 Å². The lowest BCUT2D eigenvalue weighted by atomic mass is 9.42. The molecule has 0 radical (unpaired) electrons. The van der Waals surface area contributed by atoms with E-state index in [1.165, 1.54) is 51.4 Å². The molecule has 0 heterocycles. The van der Waals surface area contributed by atoms with Crippen molar-refractivity contribution in [3.8, 4) is 0 Å². The molecule has 4 rings (SSSR count). The monoisotopic (exact) mass is 221 g/mol. The molecule has 4 aliphatic rings. The molecule has 92 valence electrons. The molecule has 4 saturated carbocycles. The van der Waals surface area contributed by atoms with Crippen LogP contribution in [0.1, 0.15) is 65.2 Å². The third-order valence-corrected chi connectivity index (χ3v) is 6.38. The Morgan fingerprint density at radius 2 is 1.62 bits per heavy atom. The standard InChI is InChI=1S/C15H27N/c1-14(2)11-6-7-12(13(14)10-11)15(16)8-4-3-5-9-15/h11-13H,3-10,16H2,1-2H3. The largest absolute Gasteiger partial charge is 0.325 e. The van der Waals surface area contributed by atoms with Gasteiger partial charge >= 0.3 is 0 Å². The predicted molar refractivity (Wildman–Crippen MR) is 68.1 cm³/mol. The molecule has 2 N–H and O–H groups in total. The van der Waals surface area contributed by atoms with E-state index >= 15 is 0 Å². The van der Waals surface area contributed by atoms with Crippen molar-refractivity contribution >= 4 is 0 Å². The van der Waals surface area contributed by atoms with Gasteiger partial charge in [-0.05, 0) is 55.3 Å². The van der Waals surface area contributed by atoms with Crippen molar-refractivity contribution in [2.24, 2.45) is 28.9 Å². The molecule has 0 aromatic heterocycles. The summed E-state index contributed by atoms with van der Waals surface area (Å²) in [6.07, 6.45) is 11.1. The average molecular weight is 221 g/mol. The van der Waals surface area contributed by atoms with Crippen LogP contribution in [0, 0.1) is 23.2 Å². The van der Waals surface area contributed by atoms with Crippen molar-refractivity contribution in [2.45, 2.75) is 70.8 Å². The molecule has 4 aliphatic carbocycles. The first-order valence-corrected chi connectivity index (χ1v) is 7.33. The number of hydrogen-bond donors (Lipinski definition) is 1. The average Bonchev–Trinajstić information content (AvgIpc) is 2.30. The quantitative estimate of drug-likeness (QED) is 0.717. The minimum Gasteiger partial charge on any atom is -0.325 e. The third-order valence-electron chi connectivity index (χ3n) is 6.38. The molecular weight excluding hydrogens is 194 g/mol. The van der Waals surface area contributed by atoms with Crippen LogP contribution < -0.4 is 5.73 Å². The molecule has 3 unspecified atom stereocenters. The van der Waals surface area contributed by atoms with Gasteiger partial charge in [-0.1, -0.05) is 33.1 Å². The molecule has 16 heavy (non-hydrogen) atoms. The minimum absolute atomic E-state index is 0.214. The summed E-state index contributed by atoms with van der Waals surface area (Å²) in [5.74, 6) is 2.79. The first-order valence-electron chi connectivity index (χ1n) is 7.33. The summed E-state index contributed by atoms with van der Waals surface area (Å²) in [5.41, 5.74) is 7.59. The van der Waals surface area contributed by atoms with Crippen molar-refractivity contribution in [1.29, 1.82) is 0 Å². The summed E-state index contributed by atoms with van der Waals surface area (Å²) in [4.78, 5) is 0. The van der Waals surface area contributed by atoms with Crippen LogP contribution in [0.4, 0.5) is 0 Å². The Balaban J connectivity index is 1.79. The Hall–Kier alpha value is -0.0400. The highest BCUT2D eigenvalue weighted by Gasteiger charge is 2.58. The maximum Gasteiger partial charge on any atom is 0.0185 e. The molecule has 2 bridgehead atoms. The number of hydrogen-bond acceptors (Lipinski definition) is 1. The van der Waals surface area contributed by atoms with Crippen LogP contribution in [-0.2, 0) is 0 Å². The highest BCUT2D eigenvalue weighted by atomic mass is 14.8. The third kappa shape index (κ3) is 1.40. The van der Waals surface area contributed by atoms with Crippen molar-refractivity contribution in [3.63, 3.8) is 0 Å². The van der Waals surface area contributed by atoms with Gasteiger partial charge in [0.25, 0.3) is 0 Å². The van der Waals surface area contributed by atoms with E-state index in [0.717, 1.165) is 17.8 Å². The second-order valence-corrected chi connectivity index (χ2v) is 7.34. The van der Waals surface area contributed by atoms with Gasteiger partial charge in [-0.2, -0.15) is 0 Å². The predicted octanol–water partition coefficient (Wildman–Crippen LogP) is 3.72. The fourth-order valence-electron chi connectivity index (χ4n) is 5.08. The zero-order valence-electron chi connectivity index (χ0n) is 11.0. The summed E-state index contributed by atoms with van der Waals surface area (Å²) in [7, 11) is 0. The van der Waals surface area contributed by atoms with E-state index in [0.29, 0.717) is 5.41 Å². The van der Waals surface area contributed by atoms with Gasteiger partial charge in [-0.3, -0.25) is 0 Å². The van der Waals surface area contributed by atoms with Crippen molar-refractivity contribution in [2.75, 3.05) is 0 Å². The molecule has 0 saturated heterocycles. The number of rotatable bonds is 1. The normalized spacial score (nSPS) is 44.8. The minimum atomic E-state index is 0.214. The SMILES string of the molecule is CC1(C)C2CCC(C3(N)CCCCC3)C1C2. The Bertz CT molecular complexity index is 273. The molecule has 1 heteroatoms. The van der Waals surface area contributed by atoms with Crippen molar-refractivity contribution in [1.82, 2.24) is 0 Å². The lowest BCUT2D eigenvalue weighted by molar-refractivity contribution is -0.130. The van der Waals surface area contributed by atoms with Gasteiger partial charge in [0.1, 0.15) is 0 Å². The lowest BCUT2D eigenvalue weighted by Gasteiger charge is -2.64. The number of nitrogens with two attached hydrogens (primary N) is 1. The highest BCUT2D eigenvalue weighted by Crippen LogP contribution is 2.64. The van der Waals surface area contributed by atoms with E-state index in [9.17, 15) is 0 Å². The van der Waals surface area contributed by atoms with Crippen LogP contribution in [0.5, 0.6) is 0 Å². The van der Waals surface area contributed by atoms with Gasteiger partial charge in [0.05, 0.1) is 0 Å². The molecule has 0 aromatic rings. The van der Waals surface area contributed by atoms with Crippen LogP contribution in [0.15, 0.2) is 0 Å². The fraction of sp³-hybridized carbons (Fsp3) is 1.00.